The van der Waals surface area contributed by atoms with Crippen LogP contribution in [0.5, 0.6) is 0 Å². The number of amides is 2. The van der Waals surface area contributed by atoms with Crippen LogP contribution in [0.25, 0.3) is 0 Å². The Morgan fingerprint density at radius 1 is 1.80 bits per heavy atom. The van der Waals surface area contributed by atoms with Crippen LogP contribution in [0.3, 0.4) is 0 Å². The van der Waals surface area contributed by atoms with Gasteiger partial charge in [0.25, 0.3) is 0 Å². The summed E-state index contributed by atoms with van der Waals surface area (Å²) >= 11 is 0. The Labute approximate surface area is 56.6 Å². The number of carbonyl (C=O) groups is 1. The molecule has 1 rings (SSSR count). The molecular formula is C4H6N4O2. The molecule has 0 saturated carbocycles. The Bertz CT molecular complexity index is 207. The van der Waals surface area contributed by atoms with Gasteiger partial charge in [0.05, 0.1) is 0 Å². The second-order valence-corrected chi connectivity index (χ2v) is 1.49. The van der Waals surface area contributed by atoms with Crippen molar-refractivity contribution < 1.29 is 9.32 Å². The number of carbonyl (C=O) groups excluding carboxylic acids is 1. The van der Waals surface area contributed by atoms with Crippen LogP contribution in [0.2, 0.25) is 0 Å². The standard InChI is InChI=1S/C4H6N4O2/c1-5-4(9)6-3-2-10-8-7-3/h2H,1H3,(H2,5,6,9). The average Bonchev–Trinajstić information content (AvgIpc) is 2.40. The first kappa shape index (κ1) is 6.53. The van der Waals surface area contributed by atoms with Gasteiger partial charge < -0.3 is 9.84 Å². The maximum atomic E-state index is 10.5. The topological polar surface area (TPSA) is 80.0 Å². The first-order valence-electron chi connectivity index (χ1n) is 2.58. The monoisotopic (exact) mass is 142 g/mol. The second-order valence-electron chi connectivity index (χ2n) is 1.49. The molecule has 1 heterocycles. The van der Waals surface area contributed by atoms with Gasteiger partial charge in [-0.25, -0.2) is 4.79 Å². The maximum Gasteiger partial charge on any atom is 0.320 e. The number of anilines is 1. The van der Waals surface area contributed by atoms with Crippen LogP contribution in [-0.2, 0) is 0 Å². The van der Waals surface area contributed by atoms with Crippen LogP contribution >= 0.6 is 0 Å². The summed E-state index contributed by atoms with van der Waals surface area (Å²) in [4.78, 5) is 10.5. The van der Waals surface area contributed by atoms with Gasteiger partial charge >= 0.3 is 6.03 Å². The van der Waals surface area contributed by atoms with E-state index < -0.39 is 0 Å². The molecular weight excluding hydrogens is 136 g/mol. The van der Waals surface area contributed by atoms with Crippen LogP contribution in [0.1, 0.15) is 0 Å². The number of hydrogen-bond acceptors (Lipinski definition) is 4. The Hall–Kier alpha value is -1.59. The van der Waals surface area contributed by atoms with Crippen LogP contribution in [0, 0.1) is 0 Å². The molecule has 1 aromatic rings. The summed E-state index contributed by atoms with van der Waals surface area (Å²) in [5.41, 5.74) is 0. The van der Waals surface area contributed by atoms with Crippen molar-refractivity contribution in [1.29, 1.82) is 0 Å². The van der Waals surface area contributed by atoms with Crippen molar-refractivity contribution in [1.82, 2.24) is 15.7 Å². The largest absolute Gasteiger partial charge is 0.343 e. The summed E-state index contributed by atoms with van der Waals surface area (Å²) in [5.74, 6) is 0.291. The van der Waals surface area contributed by atoms with Crippen molar-refractivity contribution >= 4 is 11.8 Å². The maximum absolute atomic E-state index is 10.5. The smallest absolute Gasteiger partial charge is 0.320 e. The number of hydrogen-bond donors (Lipinski definition) is 2. The zero-order valence-electron chi connectivity index (χ0n) is 5.29. The zero-order valence-corrected chi connectivity index (χ0v) is 5.29. The van der Waals surface area contributed by atoms with Crippen molar-refractivity contribution in [3.8, 4) is 0 Å². The minimum atomic E-state index is -0.351. The SMILES string of the molecule is CNC(=O)Nc1conn1. The molecule has 0 spiro atoms. The van der Waals surface area contributed by atoms with Gasteiger partial charge in [0, 0.05) is 12.3 Å². The molecule has 6 nitrogen and oxygen atoms in total. The van der Waals surface area contributed by atoms with Crippen molar-refractivity contribution in [2.75, 3.05) is 12.4 Å². The van der Waals surface area contributed by atoms with E-state index in [0.29, 0.717) is 5.82 Å². The molecule has 0 bridgehead atoms. The predicted octanol–water partition coefficient (Wildman–Crippen LogP) is -0.179. The van der Waals surface area contributed by atoms with E-state index in [4.69, 9.17) is 0 Å². The molecule has 2 N–H and O–H groups in total. The third-order valence-electron chi connectivity index (χ3n) is 0.829. The van der Waals surface area contributed by atoms with E-state index >= 15 is 0 Å². The molecule has 0 unspecified atom stereocenters. The Morgan fingerprint density at radius 3 is 3.10 bits per heavy atom. The summed E-state index contributed by atoms with van der Waals surface area (Å²) in [6.45, 7) is 0. The molecule has 10 heavy (non-hydrogen) atoms. The lowest BCUT2D eigenvalue weighted by Crippen LogP contribution is -2.24. The summed E-state index contributed by atoms with van der Waals surface area (Å²) in [7, 11) is 1.50. The van der Waals surface area contributed by atoms with Gasteiger partial charge in [-0.1, -0.05) is 5.10 Å². The minimum Gasteiger partial charge on any atom is -0.343 e. The molecule has 0 aliphatic rings. The number of urea groups is 1. The van der Waals surface area contributed by atoms with Crippen LogP contribution in [-0.4, -0.2) is 23.4 Å². The third-order valence-corrected chi connectivity index (χ3v) is 0.829. The highest BCUT2D eigenvalue weighted by atomic mass is 16.5. The Balaban J connectivity index is 2.48. The Morgan fingerprint density at radius 2 is 2.60 bits per heavy atom. The number of nitrogens with one attached hydrogen (secondary N) is 2. The number of rotatable bonds is 1. The van der Waals surface area contributed by atoms with Gasteiger partial charge in [0.15, 0.2) is 12.1 Å². The number of nitrogens with zero attached hydrogens (tertiary/aromatic N) is 2. The highest BCUT2D eigenvalue weighted by Gasteiger charge is 1.99. The fourth-order valence-electron chi connectivity index (χ4n) is 0.398. The summed E-state index contributed by atoms with van der Waals surface area (Å²) in [5, 5.41) is 11.3. The summed E-state index contributed by atoms with van der Waals surface area (Å²) < 4.78 is 4.36. The normalized spacial score (nSPS) is 8.90. The van der Waals surface area contributed by atoms with Crippen molar-refractivity contribution in [2.24, 2.45) is 0 Å². The highest BCUT2D eigenvalue weighted by Crippen LogP contribution is 1.96. The van der Waals surface area contributed by atoms with E-state index in [1.54, 1.807) is 0 Å². The molecule has 0 atom stereocenters. The average molecular weight is 142 g/mol. The molecule has 0 aliphatic carbocycles. The third kappa shape index (κ3) is 1.44. The quantitative estimate of drug-likeness (QED) is 0.570. The predicted molar refractivity (Wildman–Crippen MR) is 32.4 cm³/mol. The van der Waals surface area contributed by atoms with Gasteiger partial charge in [-0.05, 0) is 0 Å². The van der Waals surface area contributed by atoms with E-state index in [2.05, 4.69) is 25.5 Å². The van der Waals surface area contributed by atoms with Gasteiger partial charge in [-0.15, -0.1) is 0 Å². The molecule has 1 aromatic heterocycles. The van der Waals surface area contributed by atoms with Crippen LogP contribution in [0.15, 0.2) is 10.8 Å². The van der Waals surface area contributed by atoms with Crippen molar-refractivity contribution in [2.45, 2.75) is 0 Å². The molecule has 54 valence electrons. The van der Waals surface area contributed by atoms with E-state index in [0.717, 1.165) is 0 Å². The second kappa shape index (κ2) is 2.81. The minimum absolute atomic E-state index is 0.291. The summed E-state index contributed by atoms with van der Waals surface area (Å²) in [6, 6.07) is -0.351. The van der Waals surface area contributed by atoms with Crippen LogP contribution in [0.4, 0.5) is 10.6 Å². The molecule has 0 aliphatic heterocycles. The molecule has 2 amide bonds. The molecule has 0 saturated heterocycles. The van der Waals surface area contributed by atoms with Crippen molar-refractivity contribution in [3.63, 3.8) is 0 Å². The fourth-order valence-corrected chi connectivity index (χ4v) is 0.398. The summed E-state index contributed by atoms with van der Waals surface area (Å²) in [6.07, 6.45) is 1.23. The zero-order chi connectivity index (χ0) is 7.40. The molecule has 0 radical (unpaired) electrons. The number of aromatic nitrogens is 2. The lowest BCUT2D eigenvalue weighted by molar-refractivity contribution is 0.254. The first-order chi connectivity index (χ1) is 4.83. The first-order valence-corrected chi connectivity index (χ1v) is 2.58. The molecule has 6 heteroatoms. The van der Waals surface area contributed by atoms with Gasteiger partial charge in [0.2, 0.25) is 0 Å². The Kier molecular flexibility index (Phi) is 1.83. The van der Waals surface area contributed by atoms with Crippen LogP contribution < -0.4 is 10.6 Å². The fraction of sp³-hybridized carbons (Fsp3) is 0.250. The highest BCUT2D eigenvalue weighted by molar-refractivity contribution is 5.87. The van der Waals surface area contributed by atoms with Gasteiger partial charge in [-0.3, -0.25) is 5.32 Å². The lowest BCUT2D eigenvalue weighted by Gasteiger charge is -1.95. The molecule has 0 aromatic carbocycles. The van der Waals surface area contributed by atoms with E-state index in [1.165, 1.54) is 13.3 Å². The van der Waals surface area contributed by atoms with Gasteiger partial charge in [0.1, 0.15) is 0 Å². The van der Waals surface area contributed by atoms with Gasteiger partial charge in [-0.2, -0.15) is 0 Å². The van der Waals surface area contributed by atoms with E-state index in [9.17, 15) is 4.79 Å². The lowest BCUT2D eigenvalue weighted by atomic mass is 10.7. The molecule has 0 fully saturated rings. The van der Waals surface area contributed by atoms with E-state index in [-0.39, 0.29) is 6.03 Å². The van der Waals surface area contributed by atoms with E-state index in [1.807, 2.05) is 0 Å². The van der Waals surface area contributed by atoms with Crippen molar-refractivity contribution in [3.05, 3.63) is 6.26 Å².